The van der Waals surface area contributed by atoms with E-state index in [2.05, 4.69) is 5.32 Å². The van der Waals surface area contributed by atoms with Gasteiger partial charge in [0, 0.05) is 25.8 Å². The van der Waals surface area contributed by atoms with Crippen LogP contribution in [0.3, 0.4) is 0 Å². The number of nitrogens with one attached hydrogen (secondary N) is 1. The fourth-order valence-electron chi connectivity index (χ4n) is 3.22. The molecule has 0 aromatic heterocycles. The van der Waals surface area contributed by atoms with Crippen molar-refractivity contribution >= 4 is 17.8 Å². The minimum absolute atomic E-state index is 0.217. The van der Waals surface area contributed by atoms with Crippen LogP contribution in [0.1, 0.15) is 89.0 Å². The molecule has 0 heterocycles. The second-order valence-electron chi connectivity index (χ2n) is 7.78. The number of ketones is 1. The number of alkyl carbamates (subject to hydrolysis) is 1. The molecule has 0 aliphatic carbocycles. The Morgan fingerprint density at radius 1 is 0.733 bits per heavy atom. The van der Waals surface area contributed by atoms with Crippen molar-refractivity contribution in [1.29, 1.82) is 0 Å². The highest BCUT2D eigenvalue weighted by Gasteiger charge is 2.04. The normalized spacial score (nSPS) is 10.5. The van der Waals surface area contributed by atoms with E-state index in [0.29, 0.717) is 31.6 Å². The van der Waals surface area contributed by atoms with Gasteiger partial charge in [0.1, 0.15) is 12.4 Å². The number of hydrogen-bond donors (Lipinski definition) is 2. The number of hydrogen-bond acceptors (Lipinski definition) is 4. The average Bonchev–Trinajstić information content (AvgIpc) is 2.74. The highest BCUT2D eigenvalue weighted by atomic mass is 16.5. The van der Waals surface area contributed by atoms with E-state index in [1.807, 2.05) is 30.3 Å². The van der Waals surface area contributed by atoms with Gasteiger partial charge in [0.05, 0.1) is 0 Å². The molecule has 0 spiro atoms. The number of primary amides is 1. The van der Waals surface area contributed by atoms with E-state index in [1.54, 1.807) is 0 Å². The number of amides is 2. The molecule has 1 aromatic rings. The van der Waals surface area contributed by atoms with Crippen molar-refractivity contribution in [1.82, 2.24) is 5.32 Å². The Balaban J connectivity index is 1.84. The van der Waals surface area contributed by atoms with E-state index in [1.165, 1.54) is 0 Å². The Morgan fingerprint density at radius 2 is 1.27 bits per heavy atom. The van der Waals surface area contributed by atoms with Crippen LogP contribution >= 0.6 is 0 Å². The number of nitrogens with two attached hydrogens (primary N) is 1. The van der Waals surface area contributed by atoms with Gasteiger partial charge in [-0.05, 0) is 31.2 Å². The monoisotopic (exact) mass is 418 g/mol. The molecule has 0 fully saturated rings. The van der Waals surface area contributed by atoms with E-state index in [4.69, 9.17) is 10.5 Å². The first kappa shape index (κ1) is 25.7. The predicted molar refractivity (Wildman–Crippen MR) is 119 cm³/mol. The second-order valence-corrected chi connectivity index (χ2v) is 7.78. The molecule has 168 valence electrons. The number of carbonyl (C=O) groups excluding carboxylic acids is 3. The maximum Gasteiger partial charge on any atom is 0.407 e. The third-order valence-corrected chi connectivity index (χ3v) is 4.99. The maximum atomic E-state index is 11.9. The molecule has 0 bridgehead atoms. The zero-order valence-corrected chi connectivity index (χ0v) is 18.2. The zero-order chi connectivity index (χ0) is 21.9. The molecule has 0 aliphatic heterocycles. The Morgan fingerprint density at radius 3 is 1.87 bits per heavy atom. The molecule has 6 nitrogen and oxygen atoms in total. The van der Waals surface area contributed by atoms with Gasteiger partial charge >= 0.3 is 6.09 Å². The summed E-state index contributed by atoms with van der Waals surface area (Å²) in [5.41, 5.74) is 6.07. The first-order chi connectivity index (χ1) is 14.6. The van der Waals surface area contributed by atoms with Gasteiger partial charge in [-0.2, -0.15) is 0 Å². The summed E-state index contributed by atoms with van der Waals surface area (Å²) in [4.78, 5) is 34.2. The Hall–Kier alpha value is -2.37. The molecular weight excluding hydrogens is 380 g/mol. The molecule has 0 unspecified atom stereocenters. The summed E-state index contributed by atoms with van der Waals surface area (Å²) < 4.78 is 5.15. The first-order valence-electron chi connectivity index (χ1n) is 11.3. The highest BCUT2D eigenvalue weighted by Crippen LogP contribution is 2.11. The Bertz CT molecular complexity index is 604. The van der Waals surface area contributed by atoms with Crippen molar-refractivity contribution in [2.24, 2.45) is 5.73 Å². The van der Waals surface area contributed by atoms with Gasteiger partial charge in [0.25, 0.3) is 0 Å². The van der Waals surface area contributed by atoms with Crippen LogP contribution in [0.15, 0.2) is 30.3 Å². The van der Waals surface area contributed by atoms with E-state index < -0.39 is 6.09 Å². The molecule has 30 heavy (non-hydrogen) atoms. The van der Waals surface area contributed by atoms with E-state index in [9.17, 15) is 14.4 Å². The summed E-state index contributed by atoms with van der Waals surface area (Å²) >= 11 is 0. The lowest BCUT2D eigenvalue weighted by Crippen LogP contribution is -2.25. The Kier molecular flexibility index (Phi) is 15.0. The molecule has 2 amide bonds. The van der Waals surface area contributed by atoms with Gasteiger partial charge in [0.15, 0.2) is 0 Å². The summed E-state index contributed by atoms with van der Waals surface area (Å²) in [6.07, 6.45) is 11.5. The number of carbonyl (C=O) groups is 3. The van der Waals surface area contributed by atoms with Crippen LogP contribution < -0.4 is 11.1 Å². The second kappa shape index (κ2) is 17.5. The van der Waals surface area contributed by atoms with Crippen LogP contribution in [0.4, 0.5) is 4.79 Å². The van der Waals surface area contributed by atoms with E-state index >= 15 is 0 Å². The molecule has 0 radical (unpaired) electrons. The number of benzene rings is 1. The third kappa shape index (κ3) is 15.5. The largest absolute Gasteiger partial charge is 0.445 e. The number of unbranched alkanes of at least 4 members (excludes halogenated alkanes) is 8. The first-order valence-corrected chi connectivity index (χ1v) is 11.3. The summed E-state index contributed by atoms with van der Waals surface area (Å²) in [6.45, 7) is 0.845. The van der Waals surface area contributed by atoms with Crippen LogP contribution in [-0.4, -0.2) is 24.3 Å². The van der Waals surface area contributed by atoms with Crippen molar-refractivity contribution < 1.29 is 19.1 Å². The SMILES string of the molecule is NC(=O)CCCCCCCCCC(=O)CCCCCNC(=O)OCc1ccccc1. The van der Waals surface area contributed by atoms with Crippen LogP contribution in [0.5, 0.6) is 0 Å². The van der Waals surface area contributed by atoms with Gasteiger partial charge in [0.2, 0.25) is 5.91 Å². The van der Waals surface area contributed by atoms with Crippen LogP contribution in [0.2, 0.25) is 0 Å². The molecule has 0 atom stereocenters. The van der Waals surface area contributed by atoms with Gasteiger partial charge in [-0.1, -0.05) is 68.9 Å². The van der Waals surface area contributed by atoms with Gasteiger partial charge < -0.3 is 15.8 Å². The van der Waals surface area contributed by atoms with E-state index in [0.717, 1.165) is 69.8 Å². The minimum atomic E-state index is -0.400. The third-order valence-electron chi connectivity index (χ3n) is 4.99. The van der Waals surface area contributed by atoms with Crippen molar-refractivity contribution in [2.75, 3.05) is 6.54 Å². The lowest BCUT2D eigenvalue weighted by molar-refractivity contribution is -0.119. The Labute approximate surface area is 180 Å². The lowest BCUT2D eigenvalue weighted by Gasteiger charge is -2.07. The predicted octanol–water partition coefficient (Wildman–Crippen LogP) is 5.04. The minimum Gasteiger partial charge on any atom is -0.445 e. The topological polar surface area (TPSA) is 98.5 Å². The molecule has 3 N–H and O–H groups in total. The molecule has 0 aliphatic rings. The molecule has 6 heteroatoms. The van der Waals surface area contributed by atoms with Crippen molar-refractivity contribution in [3.63, 3.8) is 0 Å². The van der Waals surface area contributed by atoms with Gasteiger partial charge in [-0.3, -0.25) is 9.59 Å². The molecule has 1 aromatic carbocycles. The van der Waals surface area contributed by atoms with Crippen molar-refractivity contribution in [2.45, 2.75) is 90.1 Å². The summed E-state index contributed by atoms with van der Waals surface area (Å²) in [5, 5.41) is 2.74. The fourth-order valence-corrected chi connectivity index (χ4v) is 3.22. The fraction of sp³-hybridized carbons (Fsp3) is 0.625. The van der Waals surface area contributed by atoms with Crippen LogP contribution in [0, 0.1) is 0 Å². The average molecular weight is 419 g/mol. The van der Waals surface area contributed by atoms with Crippen molar-refractivity contribution in [3.8, 4) is 0 Å². The highest BCUT2D eigenvalue weighted by molar-refractivity contribution is 5.78. The smallest absolute Gasteiger partial charge is 0.407 e. The molecule has 0 saturated heterocycles. The van der Waals surface area contributed by atoms with Gasteiger partial charge in [-0.25, -0.2) is 4.79 Å². The summed E-state index contributed by atoms with van der Waals surface area (Å²) in [6, 6.07) is 9.58. The van der Waals surface area contributed by atoms with Crippen LogP contribution in [-0.2, 0) is 20.9 Å². The standard InChI is InChI=1S/C24H38N2O4/c25-23(28)18-12-5-3-1-2-4-10-16-22(27)17-11-7-13-19-26-24(29)30-20-21-14-8-6-9-15-21/h6,8-9,14-15H,1-5,7,10-13,16-20H2,(H2,25,28)(H,26,29). The van der Waals surface area contributed by atoms with Crippen molar-refractivity contribution in [3.05, 3.63) is 35.9 Å². The summed E-state index contributed by atoms with van der Waals surface area (Å²) in [5.74, 6) is 0.123. The van der Waals surface area contributed by atoms with Gasteiger partial charge in [-0.15, -0.1) is 0 Å². The lowest BCUT2D eigenvalue weighted by atomic mass is 10.0. The number of rotatable bonds is 18. The number of Topliss-reactive ketones (excluding diaryl/α,β-unsaturated/α-hetero) is 1. The zero-order valence-electron chi connectivity index (χ0n) is 18.2. The number of ether oxygens (including phenoxy) is 1. The maximum absolute atomic E-state index is 11.9. The quantitative estimate of drug-likeness (QED) is 0.326. The summed E-state index contributed by atoms with van der Waals surface area (Å²) in [7, 11) is 0. The van der Waals surface area contributed by atoms with E-state index in [-0.39, 0.29) is 12.5 Å². The van der Waals surface area contributed by atoms with Crippen LogP contribution in [0.25, 0.3) is 0 Å². The molecule has 1 rings (SSSR count). The molecular formula is C24H38N2O4. The molecule has 0 saturated carbocycles.